The van der Waals surface area contributed by atoms with E-state index in [0.717, 1.165) is 37.3 Å². The van der Waals surface area contributed by atoms with E-state index in [4.69, 9.17) is 5.73 Å². The number of hydrogen-bond donors (Lipinski definition) is 2. The molecule has 1 aliphatic heterocycles. The number of carbonyl (C=O) groups excluding carboxylic acids is 1. The van der Waals surface area contributed by atoms with E-state index in [1.807, 2.05) is 31.2 Å². The Morgan fingerprint density at radius 3 is 3.00 bits per heavy atom. The Balaban J connectivity index is 1.66. The Morgan fingerprint density at radius 1 is 1.52 bits per heavy atom. The Morgan fingerprint density at radius 2 is 2.33 bits per heavy atom. The van der Waals surface area contributed by atoms with E-state index in [2.05, 4.69) is 17.1 Å². The van der Waals surface area contributed by atoms with Crippen molar-refractivity contribution in [2.24, 2.45) is 11.7 Å². The molecule has 1 saturated heterocycles. The fourth-order valence-corrected chi connectivity index (χ4v) is 2.90. The van der Waals surface area contributed by atoms with Gasteiger partial charge in [-0.1, -0.05) is 12.1 Å². The second-order valence-electron chi connectivity index (χ2n) is 6.23. The van der Waals surface area contributed by atoms with Crippen LogP contribution in [-0.2, 0) is 4.79 Å². The van der Waals surface area contributed by atoms with E-state index in [1.165, 1.54) is 6.42 Å². The summed E-state index contributed by atoms with van der Waals surface area (Å²) in [5, 5.41) is 2.96. The molecule has 4 heteroatoms. The van der Waals surface area contributed by atoms with E-state index in [0.29, 0.717) is 12.3 Å². The molecule has 1 aromatic carbocycles. The maximum Gasteiger partial charge on any atom is 0.224 e. The fraction of sp³-hybridized carbons (Fsp3) is 0.588. The highest BCUT2D eigenvalue weighted by Gasteiger charge is 2.24. The number of aryl methyl sites for hydroxylation is 1. The molecule has 116 valence electrons. The summed E-state index contributed by atoms with van der Waals surface area (Å²) in [5.74, 6) is 0.717. The van der Waals surface area contributed by atoms with Gasteiger partial charge in [-0.25, -0.2) is 0 Å². The van der Waals surface area contributed by atoms with Crippen molar-refractivity contribution < 1.29 is 4.79 Å². The summed E-state index contributed by atoms with van der Waals surface area (Å²) < 4.78 is 0. The van der Waals surface area contributed by atoms with Crippen LogP contribution in [0.15, 0.2) is 24.3 Å². The highest BCUT2D eigenvalue weighted by molar-refractivity contribution is 5.90. The molecule has 1 amide bonds. The summed E-state index contributed by atoms with van der Waals surface area (Å²) in [7, 11) is 0. The molecule has 3 N–H and O–H groups in total. The second kappa shape index (κ2) is 7.57. The quantitative estimate of drug-likeness (QED) is 0.845. The van der Waals surface area contributed by atoms with Crippen molar-refractivity contribution in [1.29, 1.82) is 0 Å². The number of rotatable bonds is 6. The van der Waals surface area contributed by atoms with Crippen LogP contribution in [0, 0.1) is 12.8 Å². The van der Waals surface area contributed by atoms with Crippen molar-refractivity contribution in [3.63, 3.8) is 0 Å². The Hall–Kier alpha value is -1.39. The van der Waals surface area contributed by atoms with E-state index < -0.39 is 0 Å². The van der Waals surface area contributed by atoms with Crippen molar-refractivity contribution in [3.05, 3.63) is 29.8 Å². The van der Waals surface area contributed by atoms with Gasteiger partial charge in [0, 0.05) is 24.7 Å². The Labute approximate surface area is 127 Å². The van der Waals surface area contributed by atoms with Crippen LogP contribution in [0.3, 0.4) is 0 Å². The van der Waals surface area contributed by atoms with Crippen LogP contribution >= 0.6 is 0 Å². The van der Waals surface area contributed by atoms with Gasteiger partial charge < -0.3 is 16.0 Å². The normalized spacial score (nSPS) is 20.4. The molecule has 21 heavy (non-hydrogen) atoms. The van der Waals surface area contributed by atoms with Crippen LogP contribution in [0.5, 0.6) is 0 Å². The second-order valence-corrected chi connectivity index (χ2v) is 6.23. The minimum absolute atomic E-state index is 0.100. The molecular weight excluding hydrogens is 262 g/mol. The third-order valence-electron chi connectivity index (χ3n) is 4.23. The lowest BCUT2D eigenvalue weighted by Crippen LogP contribution is -2.30. The van der Waals surface area contributed by atoms with Gasteiger partial charge in [0.2, 0.25) is 5.91 Å². The number of nitrogens with two attached hydrogens (primary N) is 1. The monoisotopic (exact) mass is 289 g/mol. The van der Waals surface area contributed by atoms with Crippen LogP contribution in [0.1, 0.15) is 31.7 Å². The summed E-state index contributed by atoms with van der Waals surface area (Å²) in [5.41, 5.74) is 7.99. The molecule has 0 spiro atoms. The van der Waals surface area contributed by atoms with Crippen molar-refractivity contribution in [1.82, 2.24) is 4.90 Å². The highest BCUT2D eigenvalue weighted by Crippen LogP contribution is 2.19. The van der Waals surface area contributed by atoms with Crippen LogP contribution < -0.4 is 11.1 Å². The Bertz CT molecular complexity index is 473. The number of nitrogens with zero attached hydrogens (tertiary/aromatic N) is 1. The molecular formula is C17H27N3O. The van der Waals surface area contributed by atoms with Gasteiger partial charge in [0.25, 0.3) is 0 Å². The molecule has 2 rings (SSSR count). The maximum absolute atomic E-state index is 11.9. The molecule has 2 unspecified atom stereocenters. The molecule has 4 nitrogen and oxygen atoms in total. The first kappa shape index (κ1) is 16.0. The summed E-state index contributed by atoms with van der Waals surface area (Å²) in [6, 6.07) is 8.19. The zero-order valence-corrected chi connectivity index (χ0v) is 13.1. The number of anilines is 1. The van der Waals surface area contributed by atoms with Gasteiger partial charge in [-0.05, 0) is 63.4 Å². The zero-order valence-electron chi connectivity index (χ0n) is 13.1. The molecule has 0 saturated carbocycles. The standard InChI is InChI=1S/C17H27N3O/c1-13-5-3-6-16(11-13)19-17(21)7-4-9-20-10-8-15(12-20)14(2)18/h3,5-6,11,14-15H,4,7-10,12,18H2,1-2H3,(H,19,21). The van der Waals surface area contributed by atoms with E-state index in [1.54, 1.807) is 0 Å². The molecule has 1 fully saturated rings. The first-order chi connectivity index (χ1) is 10.0. The van der Waals surface area contributed by atoms with Crippen molar-refractivity contribution in [3.8, 4) is 0 Å². The maximum atomic E-state index is 11.9. The minimum Gasteiger partial charge on any atom is -0.328 e. The number of carbonyl (C=O) groups is 1. The van der Waals surface area contributed by atoms with E-state index >= 15 is 0 Å². The molecule has 0 radical (unpaired) electrons. The van der Waals surface area contributed by atoms with Gasteiger partial charge in [0.15, 0.2) is 0 Å². The fourth-order valence-electron chi connectivity index (χ4n) is 2.90. The number of likely N-dealkylation sites (tertiary alicyclic amines) is 1. The molecule has 2 atom stereocenters. The van der Waals surface area contributed by atoms with Gasteiger partial charge >= 0.3 is 0 Å². The highest BCUT2D eigenvalue weighted by atomic mass is 16.1. The summed E-state index contributed by atoms with van der Waals surface area (Å²) >= 11 is 0. The topological polar surface area (TPSA) is 58.4 Å². The van der Waals surface area contributed by atoms with Crippen molar-refractivity contribution >= 4 is 11.6 Å². The largest absolute Gasteiger partial charge is 0.328 e. The van der Waals surface area contributed by atoms with Gasteiger partial charge in [0.05, 0.1) is 0 Å². The number of hydrogen-bond acceptors (Lipinski definition) is 3. The van der Waals surface area contributed by atoms with Gasteiger partial charge in [-0.3, -0.25) is 4.79 Å². The predicted octanol–water partition coefficient (Wildman–Crippen LogP) is 2.38. The lowest BCUT2D eigenvalue weighted by molar-refractivity contribution is -0.116. The van der Waals surface area contributed by atoms with Gasteiger partial charge in [-0.15, -0.1) is 0 Å². The molecule has 0 bridgehead atoms. The van der Waals surface area contributed by atoms with Gasteiger partial charge in [-0.2, -0.15) is 0 Å². The molecule has 1 heterocycles. The Kier molecular flexibility index (Phi) is 5.76. The lowest BCUT2D eigenvalue weighted by Gasteiger charge is -2.17. The number of amides is 1. The van der Waals surface area contributed by atoms with Crippen LogP contribution in [0.4, 0.5) is 5.69 Å². The smallest absolute Gasteiger partial charge is 0.224 e. The third-order valence-corrected chi connectivity index (χ3v) is 4.23. The van der Waals surface area contributed by atoms with E-state index in [-0.39, 0.29) is 11.9 Å². The first-order valence-corrected chi connectivity index (χ1v) is 7.89. The summed E-state index contributed by atoms with van der Waals surface area (Å²) in [4.78, 5) is 14.3. The molecule has 1 aliphatic rings. The van der Waals surface area contributed by atoms with Gasteiger partial charge in [0.1, 0.15) is 0 Å². The van der Waals surface area contributed by atoms with E-state index in [9.17, 15) is 4.79 Å². The molecule has 0 aromatic heterocycles. The first-order valence-electron chi connectivity index (χ1n) is 7.89. The van der Waals surface area contributed by atoms with Crippen molar-refractivity contribution in [2.45, 2.75) is 39.2 Å². The van der Waals surface area contributed by atoms with Crippen LogP contribution in [0.2, 0.25) is 0 Å². The minimum atomic E-state index is 0.100. The van der Waals surface area contributed by atoms with Crippen LogP contribution in [-0.4, -0.2) is 36.5 Å². The average Bonchev–Trinajstić information content (AvgIpc) is 2.87. The van der Waals surface area contributed by atoms with Crippen LogP contribution in [0.25, 0.3) is 0 Å². The zero-order chi connectivity index (χ0) is 15.2. The number of nitrogens with one attached hydrogen (secondary N) is 1. The number of benzene rings is 1. The van der Waals surface area contributed by atoms with Crippen molar-refractivity contribution in [2.75, 3.05) is 25.0 Å². The summed E-state index contributed by atoms with van der Waals surface area (Å²) in [6.45, 7) is 7.30. The SMILES string of the molecule is Cc1cccc(NC(=O)CCCN2CCC(C(C)N)C2)c1. The molecule has 1 aromatic rings. The third kappa shape index (κ3) is 5.14. The summed E-state index contributed by atoms with van der Waals surface area (Å²) in [6.07, 6.45) is 2.67. The molecule has 0 aliphatic carbocycles. The average molecular weight is 289 g/mol. The predicted molar refractivity (Wildman–Crippen MR) is 87.2 cm³/mol. The lowest BCUT2D eigenvalue weighted by atomic mass is 10.0.